The van der Waals surface area contributed by atoms with Gasteiger partial charge in [0, 0.05) is 18.7 Å². The molecule has 0 saturated heterocycles. The number of carbonyl (C=O) groups is 1. The van der Waals surface area contributed by atoms with Crippen LogP contribution in [0.4, 0.5) is 0 Å². The van der Waals surface area contributed by atoms with E-state index in [9.17, 15) is 9.59 Å². The molecule has 1 heterocycles. The van der Waals surface area contributed by atoms with Crippen molar-refractivity contribution in [1.82, 2.24) is 4.57 Å². The van der Waals surface area contributed by atoms with Gasteiger partial charge in [0.15, 0.2) is 5.78 Å². The first kappa shape index (κ1) is 10.7. The number of hydrogen-bond donors (Lipinski definition) is 0. The predicted molar refractivity (Wildman–Crippen MR) is 55.5 cm³/mol. The molecular weight excluding hydrogens is 178 g/mol. The summed E-state index contributed by atoms with van der Waals surface area (Å²) in [4.78, 5) is 23.4. The lowest BCUT2D eigenvalue weighted by molar-refractivity contribution is 0.0856. The second-order valence-corrected chi connectivity index (χ2v) is 4.42. The predicted octanol–water partition coefficient (Wildman–Crippen LogP) is 1.61. The van der Waals surface area contributed by atoms with E-state index >= 15 is 0 Å². The Morgan fingerprint density at radius 1 is 1.36 bits per heavy atom. The van der Waals surface area contributed by atoms with Gasteiger partial charge in [-0.25, -0.2) is 0 Å². The smallest absolute Gasteiger partial charge is 0.261 e. The molecule has 3 nitrogen and oxygen atoms in total. The van der Waals surface area contributed by atoms with Crippen molar-refractivity contribution in [1.29, 1.82) is 0 Å². The van der Waals surface area contributed by atoms with E-state index in [1.54, 1.807) is 25.4 Å². The fraction of sp³-hybridized carbons (Fsp3) is 0.455. The van der Waals surface area contributed by atoms with Gasteiger partial charge in [-0.05, 0) is 12.1 Å². The molecule has 0 amide bonds. The van der Waals surface area contributed by atoms with E-state index in [1.165, 1.54) is 4.57 Å². The summed E-state index contributed by atoms with van der Waals surface area (Å²) in [6.07, 6.45) is 1.64. The second-order valence-electron chi connectivity index (χ2n) is 4.42. The van der Waals surface area contributed by atoms with Crippen LogP contribution in [0.5, 0.6) is 0 Å². The van der Waals surface area contributed by atoms with Crippen molar-refractivity contribution in [2.45, 2.75) is 20.8 Å². The zero-order chi connectivity index (χ0) is 10.9. The van der Waals surface area contributed by atoms with Crippen LogP contribution in [0.2, 0.25) is 0 Å². The molecule has 1 aromatic heterocycles. The molecule has 1 aromatic rings. The van der Waals surface area contributed by atoms with E-state index in [2.05, 4.69) is 0 Å². The molecule has 0 atom stereocenters. The molecule has 0 aliphatic carbocycles. The number of ketones is 1. The Balaban J connectivity index is 3.29. The highest BCUT2D eigenvalue weighted by atomic mass is 16.1. The third-order valence-electron chi connectivity index (χ3n) is 2.05. The van der Waals surface area contributed by atoms with Crippen LogP contribution in [0.25, 0.3) is 0 Å². The van der Waals surface area contributed by atoms with E-state index in [0.717, 1.165) is 0 Å². The number of rotatable bonds is 1. The van der Waals surface area contributed by atoms with Crippen LogP contribution < -0.4 is 5.56 Å². The summed E-state index contributed by atoms with van der Waals surface area (Å²) < 4.78 is 1.42. The number of carbonyl (C=O) groups excluding carboxylic acids is 1. The van der Waals surface area contributed by atoms with Crippen LogP contribution in [0.15, 0.2) is 23.1 Å². The third kappa shape index (κ3) is 1.92. The van der Waals surface area contributed by atoms with Gasteiger partial charge in [0.05, 0.1) is 5.56 Å². The van der Waals surface area contributed by atoms with Crippen molar-refractivity contribution in [3.8, 4) is 0 Å². The van der Waals surface area contributed by atoms with E-state index in [0.29, 0.717) is 0 Å². The van der Waals surface area contributed by atoms with Crippen molar-refractivity contribution in [3.63, 3.8) is 0 Å². The van der Waals surface area contributed by atoms with E-state index in [4.69, 9.17) is 0 Å². The molecule has 0 bridgehead atoms. The number of aromatic nitrogens is 1. The van der Waals surface area contributed by atoms with Crippen LogP contribution >= 0.6 is 0 Å². The molecule has 0 fully saturated rings. The highest BCUT2D eigenvalue weighted by molar-refractivity contribution is 5.99. The lowest BCUT2D eigenvalue weighted by atomic mass is 9.87. The van der Waals surface area contributed by atoms with Gasteiger partial charge in [0.25, 0.3) is 5.56 Å². The van der Waals surface area contributed by atoms with Crippen LogP contribution in [0.3, 0.4) is 0 Å². The van der Waals surface area contributed by atoms with E-state index in [1.807, 2.05) is 20.8 Å². The van der Waals surface area contributed by atoms with Gasteiger partial charge in [0.2, 0.25) is 0 Å². The summed E-state index contributed by atoms with van der Waals surface area (Å²) in [5, 5.41) is 0. The van der Waals surface area contributed by atoms with Crippen LogP contribution in [-0.2, 0) is 7.05 Å². The molecule has 0 aliphatic rings. The minimum absolute atomic E-state index is 0.112. The number of nitrogens with zero attached hydrogens (tertiary/aromatic N) is 1. The maximum absolute atomic E-state index is 11.8. The Morgan fingerprint density at radius 2 is 1.93 bits per heavy atom. The molecule has 0 saturated carbocycles. The van der Waals surface area contributed by atoms with Crippen LogP contribution in [0.1, 0.15) is 31.1 Å². The third-order valence-corrected chi connectivity index (χ3v) is 2.05. The summed E-state index contributed by atoms with van der Waals surface area (Å²) in [6, 6.07) is 3.29. The Kier molecular flexibility index (Phi) is 2.60. The van der Waals surface area contributed by atoms with Gasteiger partial charge >= 0.3 is 0 Å². The van der Waals surface area contributed by atoms with E-state index in [-0.39, 0.29) is 16.9 Å². The first-order chi connectivity index (χ1) is 6.34. The topological polar surface area (TPSA) is 39.1 Å². The average molecular weight is 193 g/mol. The largest absolute Gasteiger partial charge is 0.318 e. The molecule has 0 unspecified atom stereocenters. The summed E-state index contributed by atoms with van der Waals surface area (Å²) >= 11 is 0. The van der Waals surface area contributed by atoms with Crippen molar-refractivity contribution in [2.24, 2.45) is 12.5 Å². The number of Topliss-reactive ketones (excluding diaryl/α,β-unsaturated/α-hetero) is 1. The summed E-state index contributed by atoms with van der Waals surface area (Å²) in [5.41, 5.74) is -0.469. The Morgan fingerprint density at radius 3 is 2.43 bits per heavy atom. The van der Waals surface area contributed by atoms with Gasteiger partial charge in [-0.3, -0.25) is 9.59 Å². The maximum atomic E-state index is 11.8. The monoisotopic (exact) mass is 193 g/mol. The first-order valence-electron chi connectivity index (χ1n) is 4.54. The standard InChI is InChI=1S/C11H15NO2/c1-11(2,3)9(13)8-6-5-7-12(4)10(8)14/h5-7H,1-4H3. The lowest BCUT2D eigenvalue weighted by Gasteiger charge is -2.16. The van der Waals surface area contributed by atoms with Crippen molar-refractivity contribution in [2.75, 3.05) is 0 Å². The molecule has 3 heteroatoms. The molecule has 76 valence electrons. The SMILES string of the molecule is Cn1cccc(C(=O)C(C)(C)C)c1=O. The second kappa shape index (κ2) is 3.40. The Bertz CT molecular complexity index is 410. The zero-order valence-corrected chi connectivity index (χ0v) is 9.00. The quantitative estimate of drug-likeness (QED) is 0.636. The van der Waals surface area contributed by atoms with Crippen molar-refractivity contribution >= 4 is 5.78 Å². The van der Waals surface area contributed by atoms with Gasteiger partial charge in [-0.1, -0.05) is 20.8 Å². The van der Waals surface area contributed by atoms with Crippen LogP contribution in [0, 0.1) is 5.41 Å². The molecule has 0 radical (unpaired) electrons. The normalized spacial score (nSPS) is 11.4. The Labute approximate surface area is 83.4 Å². The summed E-state index contributed by atoms with van der Waals surface area (Å²) in [5.74, 6) is -0.112. The fourth-order valence-corrected chi connectivity index (χ4v) is 1.17. The van der Waals surface area contributed by atoms with Gasteiger partial charge in [0.1, 0.15) is 0 Å². The summed E-state index contributed by atoms with van der Waals surface area (Å²) in [6.45, 7) is 5.42. The summed E-state index contributed by atoms with van der Waals surface area (Å²) in [7, 11) is 1.64. The fourth-order valence-electron chi connectivity index (χ4n) is 1.17. The van der Waals surface area contributed by atoms with Crippen LogP contribution in [-0.4, -0.2) is 10.4 Å². The number of aryl methyl sites for hydroxylation is 1. The minimum Gasteiger partial charge on any atom is -0.318 e. The number of hydrogen-bond acceptors (Lipinski definition) is 2. The van der Waals surface area contributed by atoms with Gasteiger partial charge in [-0.15, -0.1) is 0 Å². The molecule has 0 N–H and O–H groups in total. The van der Waals surface area contributed by atoms with Gasteiger partial charge in [-0.2, -0.15) is 0 Å². The minimum atomic E-state index is -0.506. The molecule has 0 aliphatic heterocycles. The molecule has 1 rings (SSSR count). The average Bonchev–Trinajstić information content (AvgIpc) is 2.07. The van der Waals surface area contributed by atoms with Crippen molar-refractivity contribution < 1.29 is 4.79 Å². The number of pyridine rings is 1. The highest BCUT2D eigenvalue weighted by Gasteiger charge is 2.25. The van der Waals surface area contributed by atoms with Crippen molar-refractivity contribution in [3.05, 3.63) is 34.2 Å². The molecule has 0 aromatic carbocycles. The molecule has 0 spiro atoms. The maximum Gasteiger partial charge on any atom is 0.261 e. The molecule has 14 heavy (non-hydrogen) atoms. The lowest BCUT2D eigenvalue weighted by Crippen LogP contribution is -2.30. The van der Waals surface area contributed by atoms with E-state index < -0.39 is 5.41 Å². The molecular formula is C11H15NO2. The zero-order valence-electron chi connectivity index (χ0n) is 9.00. The van der Waals surface area contributed by atoms with Gasteiger partial charge < -0.3 is 4.57 Å². The highest BCUT2D eigenvalue weighted by Crippen LogP contribution is 2.18. The Hall–Kier alpha value is -1.38. The first-order valence-corrected chi connectivity index (χ1v) is 4.54.